The summed E-state index contributed by atoms with van der Waals surface area (Å²) in [4.78, 5) is 21.9. The number of aliphatic imine (C=N–C) groups is 1. The molecule has 0 fully saturated rings. The number of hydrogen-bond acceptors (Lipinski definition) is 7. The first kappa shape index (κ1) is 20.7. The molecular weight excluding hydrogens is 425 g/mol. The van der Waals surface area contributed by atoms with Crippen molar-refractivity contribution < 1.29 is 22.7 Å². The molecule has 0 aliphatic carbocycles. The zero-order chi connectivity index (χ0) is 22.2. The van der Waals surface area contributed by atoms with Gasteiger partial charge in [-0.3, -0.25) is 4.99 Å². The summed E-state index contributed by atoms with van der Waals surface area (Å²) in [5, 5.41) is 9.64. The number of nitrogens with zero attached hydrogens (tertiary/aromatic N) is 3. The molecule has 0 bridgehead atoms. The molecule has 160 valence electrons. The molecule has 2 atom stereocenters. The summed E-state index contributed by atoms with van der Waals surface area (Å²) in [6.07, 6.45) is 5.95. The van der Waals surface area contributed by atoms with E-state index in [0.717, 1.165) is 17.4 Å². The van der Waals surface area contributed by atoms with Crippen molar-refractivity contribution in [2.24, 2.45) is 4.99 Å². The summed E-state index contributed by atoms with van der Waals surface area (Å²) in [6, 6.07) is 12.2. The van der Waals surface area contributed by atoms with E-state index in [1.165, 1.54) is 24.3 Å². The molecule has 2 unspecified atom stereocenters. The van der Waals surface area contributed by atoms with Crippen LogP contribution in [0.2, 0.25) is 0 Å². The molecule has 0 spiro atoms. The molecule has 0 saturated carbocycles. The molecule has 0 saturated heterocycles. The van der Waals surface area contributed by atoms with Crippen LogP contribution >= 0.6 is 0 Å². The third kappa shape index (κ3) is 4.33. The predicted octanol–water partition coefficient (Wildman–Crippen LogP) is 3.06. The van der Waals surface area contributed by atoms with Crippen molar-refractivity contribution in [3.63, 3.8) is 0 Å². The second kappa shape index (κ2) is 7.95. The van der Waals surface area contributed by atoms with E-state index in [1.807, 2.05) is 4.90 Å². The van der Waals surface area contributed by atoms with E-state index < -0.39 is 21.1 Å². The third-order valence-electron chi connectivity index (χ3n) is 5.06. The van der Waals surface area contributed by atoms with Crippen molar-refractivity contribution in [3.05, 3.63) is 99.5 Å². The fraction of sp³-hybridized carbons (Fsp3) is 0.190. The van der Waals surface area contributed by atoms with Crippen LogP contribution in [0.3, 0.4) is 0 Å². The van der Waals surface area contributed by atoms with Crippen LogP contribution in [0.4, 0.5) is 4.39 Å². The van der Waals surface area contributed by atoms with E-state index in [-0.39, 0.29) is 23.4 Å². The molecule has 0 N–H and O–H groups in total. The average Bonchev–Trinajstić information content (AvgIpc) is 3.11. The van der Waals surface area contributed by atoms with Gasteiger partial charge in [0.2, 0.25) is 0 Å². The summed E-state index contributed by atoms with van der Waals surface area (Å²) in [7, 11) is -3.34. The van der Waals surface area contributed by atoms with Crippen molar-refractivity contribution in [3.8, 4) is 0 Å². The molecule has 0 aromatic heterocycles. The maximum atomic E-state index is 13.5. The molecule has 31 heavy (non-hydrogen) atoms. The normalized spacial score (nSPS) is 20.1. The molecular formula is C21H18FN3O5S. The standard InChI is InChI=1S/C21H18FN3O5S/c1-31(28,29)18-8-4-15(5-9-18)20-21(16-2-6-17(22)7-3-16)24-11-10-14(12-19(24)23-20)13-30-25(26)27/h2-12,19,21H,13H2,1H3. The van der Waals surface area contributed by atoms with Crippen LogP contribution in [0.25, 0.3) is 0 Å². The molecule has 0 radical (unpaired) electrons. The summed E-state index contributed by atoms with van der Waals surface area (Å²) in [5.74, 6) is -0.359. The highest BCUT2D eigenvalue weighted by atomic mass is 32.2. The molecule has 10 heteroatoms. The number of halogens is 1. The molecule has 2 aliphatic rings. The summed E-state index contributed by atoms with van der Waals surface area (Å²) < 4.78 is 37.1. The second-order valence-electron chi connectivity index (χ2n) is 7.18. The first-order valence-corrected chi connectivity index (χ1v) is 11.2. The molecule has 8 nitrogen and oxygen atoms in total. The van der Waals surface area contributed by atoms with Gasteiger partial charge in [-0.05, 0) is 53.1 Å². The Morgan fingerprint density at radius 3 is 2.45 bits per heavy atom. The minimum atomic E-state index is -3.34. The summed E-state index contributed by atoms with van der Waals surface area (Å²) >= 11 is 0. The van der Waals surface area contributed by atoms with Crippen LogP contribution in [-0.2, 0) is 14.7 Å². The Balaban J connectivity index is 1.73. The van der Waals surface area contributed by atoms with Crippen LogP contribution in [0, 0.1) is 15.9 Å². The zero-order valence-corrected chi connectivity index (χ0v) is 17.2. The molecule has 2 aromatic rings. The van der Waals surface area contributed by atoms with Gasteiger partial charge in [0, 0.05) is 12.5 Å². The Morgan fingerprint density at radius 2 is 1.84 bits per heavy atom. The van der Waals surface area contributed by atoms with Crippen molar-refractivity contribution in [2.45, 2.75) is 17.1 Å². The highest BCUT2D eigenvalue weighted by molar-refractivity contribution is 7.90. The Bertz CT molecular complexity index is 1200. The number of benzene rings is 2. The van der Waals surface area contributed by atoms with E-state index in [4.69, 9.17) is 4.99 Å². The average molecular weight is 443 g/mol. The molecule has 0 amide bonds. The van der Waals surface area contributed by atoms with Crippen LogP contribution in [0.1, 0.15) is 17.2 Å². The fourth-order valence-corrected chi connectivity index (χ4v) is 4.23. The Kier molecular flexibility index (Phi) is 5.32. The van der Waals surface area contributed by atoms with E-state index in [0.29, 0.717) is 11.3 Å². The number of hydrogen-bond donors (Lipinski definition) is 0. The third-order valence-corrected chi connectivity index (χ3v) is 6.19. The van der Waals surface area contributed by atoms with Gasteiger partial charge in [-0.2, -0.15) is 0 Å². The van der Waals surface area contributed by atoms with Gasteiger partial charge < -0.3 is 9.74 Å². The topological polar surface area (TPSA) is 102 Å². The number of fused-ring (bicyclic) bond motifs is 1. The smallest absolute Gasteiger partial charge is 0.294 e. The van der Waals surface area contributed by atoms with Gasteiger partial charge in [-0.1, -0.05) is 24.3 Å². The Labute approximate surface area is 178 Å². The molecule has 2 aliphatic heterocycles. The van der Waals surface area contributed by atoms with E-state index in [9.17, 15) is 22.9 Å². The maximum Gasteiger partial charge on any atom is 0.294 e. The lowest BCUT2D eigenvalue weighted by Gasteiger charge is -2.30. The lowest BCUT2D eigenvalue weighted by molar-refractivity contribution is -0.755. The van der Waals surface area contributed by atoms with E-state index >= 15 is 0 Å². The van der Waals surface area contributed by atoms with Gasteiger partial charge in [-0.15, -0.1) is 10.1 Å². The highest BCUT2D eigenvalue weighted by Crippen LogP contribution is 2.37. The highest BCUT2D eigenvalue weighted by Gasteiger charge is 2.36. The summed E-state index contributed by atoms with van der Waals surface area (Å²) in [6.45, 7) is -0.192. The van der Waals surface area contributed by atoms with Gasteiger partial charge in [-0.25, -0.2) is 12.8 Å². The quantitative estimate of drug-likeness (QED) is 0.502. The first-order chi connectivity index (χ1) is 14.7. The minimum Gasteiger partial charge on any atom is -0.340 e. The van der Waals surface area contributed by atoms with Crippen LogP contribution in [-0.4, -0.2) is 43.1 Å². The number of sulfone groups is 1. The van der Waals surface area contributed by atoms with Crippen LogP contribution in [0.15, 0.2) is 82.3 Å². The monoisotopic (exact) mass is 443 g/mol. The fourth-order valence-electron chi connectivity index (χ4n) is 3.60. The van der Waals surface area contributed by atoms with Crippen molar-refractivity contribution in [1.29, 1.82) is 0 Å². The largest absolute Gasteiger partial charge is 0.340 e. The van der Waals surface area contributed by atoms with Crippen molar-refractivity contribution in [1.82, 2.24) is 4.90 Å². The van der Waals surface area contributed by atoms with Crippen molar-refractivity contribution in [2.75, 3.05) is 12.9 Å². The van der Waals surface area contributed by atoms with Gasteiger partial charge in [0.05, 0.1) is 16.6 Å². The van der Waals surface area contributed by atoms with Crippen molar-refractivity contribution >= 4 is 15.5 Å². The minimum absolute atomic E-state index is 0.192. The van der Waals surface area contributed by atoms with E-state index in [2.05, 4.69) is 4.84 Å². The Morgan fingerprint density at radius 1 is 1.16 bits per heavy atom. The maximum absolute atomic E-state index is 13.5. The zero-order valence-electron chi connectivity index (χ0n) is 16.4. The lowest BCUT2D eigenvalue weighted by Crippen LogP contribution is -2.31. The molecule has 2 heterocycles. The number of rotatable bonds is 6. The van der Waals surface area contributed by atoms with Gasteiger partial charge in [0.1, 0.15) is 18.6 Å². The van der Waals surface area contributed by atoms with Crippen LogP contribution in [0.5, 0.6) is 0 Å². The second-order valence-corrected chi connectivity index (χ2v) is 9.20. The van der Waals surface area contributed by atoms with Gasteiger partial charge >= 0.3 is 0 Å². The summed E-state index contributed by atoms with van der Waals surface area (Å²) in [5.41, 5.74) is 2.81. The van der Waals surface area contributed by atoms with Gasteiger partial charge in [0.25, 0.3) is 5.09 Å². The predicted molar refractivity (Wildman–Crippen MR) is 111 cm³/mol. The Hall–Kier alpha value is -3.53. The molecule has 2 aromatic carbocycles. The van der Waals surface area contributed by atoms with Crippen LogP contribution < -0.4 is 0 Å². The SMILES string of the molecule is CS(=O)(=O)c1ccc(C2=NC3C=C(CO[N+](=O)[O-])C=CN3C2c2ccc(F)cc2)cc1. The molecule has 4 rings (SSSR count). The lowest BCUT2D eigenvalue weighted by atomic mass is 9.96. The van der Waals surface area contributed by atoms with Gasteiger partial charge in [0.15, 0.2) is 9.84 Å². The van der Waals surface area contributed by atoms with E-state index in [1.54, 1.807) is 42.6 Å². The first-order valence-electron chi connectivity index (χ1n) is 9.30.